The molecule has 1 saturated carbocycles. The number of nitrogens with zero attached hydrogens (tertiary/aromatic N) is 1. The van der Waals surface area contributed by atoms with Crippen LogP contribution in [0.15, 0.2) is 0 Å². The van der Waals surface area contributed by atoms with Crippen LogP contribution < -0.4 is 10.6 Å². The largest absolute Gasteiger partial charge is 0.456 e. The van der Waals surface area contributed by atoms with Crippen LogP contribution in [-0.4, -0.2) is 53.4 Å². The fraction of sp³-hybridized carbons (Fsp3) is 0.765. The summed E-state index contributed by atoms with van der Waals surface area (Å²) in [4.78, 5) is 48.4. The Balaban J connectivity index is 1.69. The monoisotopic (exact) mass is 353 g/mol. The van der Waals surface area contributed by atoms with Gasteiger partial charge in [0.05, 0.1) is 6.42 Å². The van der Waals surface area contributed by atoms with E-state index in [1.807, 2.05) is 0 Å². The van der Waals surface area contributed by atoms with Crippen LogP contribution in [0.4, 0.5) is 4.79 Å². The molecule has 0 spiro atoms. The first-order valence-corrected chi connectivity index (χ1v) is 8.80. The maximum atomic E-state index is 12.0. The number of esters is 1. The third-order valence-electron chi connectivity index (χ3n) is 4.81. The van der Waals surface area contributed by atoms with Crippen LogP contribution >= 0.6 is 0 Å². The summed E-state index contributed by atoms with van der Waals surface area (Å²) < 4.78 is 4.94. The van der Waals surface area contributed by atoms with Crippen molar-refractivity contribution in [1.82, 2.24) is 15.5 Å². The summed E-state index contributed by atoms with van der Waals surface area (Å²) in [6.45, 7) is 4.90. The van der Waals surface area contributed by atoms with Crippen LogP contribution in [0.5, 0.6) is 0 Å². The van der Waals surface area contributed by atoms with Gasteiger partial charge < -0.3 is 15.4 Å². The number of urea groups is 1. The number of imide groups is 1. The Morgan fingerprint density at radius 3 is 2.56 bits per heavy atom. The summed E-state index contributed by atoms with van der Waals surface area (Å²) in [6.07, 6.45) is 4.18. The average molecular weight is 353 g/mol. The molecule has 2 N–H and O–H groups in total. The predicted octanol–water partition coefficient (Wildman–Crippen LogP) is 0.945. The molecule has 0 radical (unpaired) electrons. The van der Waals surface area contributed by atoms with E-state index in [4.69, 9.17) is 4.74 Å². The van der Waals surface area contributed by atoms with Gasteiger partial charge in [-0.2, -0.15) is 0 Å². The van der Waals surface area contributed by atoms with Crippen molar-refractivity contribution in [1.29, 1.82) is 0 Å². The van der Waals surface area contributed by atoms with Crippen molar-refractivity contribution in [2.45, 2.75) is 64.5 Å². The van der Waals surface area contributed by atoms with Gasteiger partial charge in [0.25, 0.3) is 11.8 Å². The number of nitrogens with one attached hydrogen (secondary N) is 2. The van der Waals surface area contributed by atoms with E-state index in [1.54, 1.807) is 13.8 Å². The average Bonchev–Trinajstić information content (AvgIpc) is 2.73. The molecule has 8 heteroatoms. The summed E-state index contributed by atoms with van der Waals surface area (Å²) in [5, 5.41) is 5.44. The molecule has 2 atom stereocenters. The molecule has 0 bridgehead atoms. The minimum atomic E-state index is -0.961. The van der Waals surface area contributed by atoms with Crippen LogP contribution in [0.25, 0.3) is 0 Å². The molecule has 1 aliphatic heterocycles. The summed E-state index contributed by atoms with van der Waals surface area (Å²) in [7, 11) is 0. The smallest absolute Gasteiger partial charge is 0.325 e. The van der Waals surface area contributed by atoms with Crippen molar-refractivity contribution >= 4 is 23.8 Å². The Morgan fingerprint density at radius 2 is 1.96 bits per heavy atom. The Bertz CT molecular complexity index is 560. The van der Waals surface area contributed by atoms with Crippen LogP contribution in [0.2, 0.25) is 0 Å². The molecule has 0 aromatic rings. The highest BCUT2D eigenvalue weighted by atomic mass is 16.5. The first-order chi connectivity index (χ1) is 11.7. The minimum absolute atomic E-state index is 0.0613. The van der Waals surface area contributed by atoms with Gasteiger partial charge in [0.15, 0.2) is 6.61 Å². The normalized spacial score (nSPS) is 25.5. The molecular weight excluding hydrogens is 326 g/mol. The molecule has 0 aromatic heterocycles. The maximum absolute atomic E-state index is 12.0. The number of carbonyl (C=O) groups excluding carboxylic acids is 4. The summed E-state index contributed by atoms with van der Waals surface area (Å²) in [5.74, 6) is -0.883. The Morgan fingerprint density at radius 1 is 1.28 bits per heavy atom. The second-order valence-corrected chi connectivity index (χ2v) is 7.36. The van der Waals surface area contributed by atoms with Crippen LogP contribution in [0.3, 0.4) is 0 Å². The fourth-order valence-corrected chi connectivity index (χ4v) is 3.22. The summed E-state index contributed by atoms with van der Waals surface area (Å²) >= 11 is 0. The van der Waals surface area contributed by atoms with Crippen LogP contribution in [-0.2, 0) is 19.1 Å². The van der Waals surface area contributed by atoms with Crippen LogP contribution in [0.1, 0.15) is 52.9 Å². The van der Waals surface area contributed by atoms with E-state index in [9.17, 15) is 19.2 Å². The Kier molecular flexibility index (Phi) is 6.02. The maximum Gasteiger partial charge on any atom is 0.325 e. The zero-order valence-corrected chi connectivity index (χ0v) is 15.1. The molecular formula is C17H27N3O5. The van der Waals surface area contributed by atoms with Crippen molar-refractivity contribution in [2.24, 2.45) is 5.92 Å². The molecule has 2 rings (SSSR count). The van der Waals surface area contributed by atoms with E-state index in [2.05, 4.69) is 17.6 Å². The molecule has 1 aliphatic carbocycles. The van der Waals surface area contributed by atoms with Gasteiger partial charge in [-0.3, -0.25) is 19.3 Å². The molecule has 25 heavy (non-hydrogen) atoms. The molecule has 4 amide bonds. The summed E-state index contributed by atoms with van der Waals surface area (Å²) in [6, 6.07) is -0.389. The van der Waals surface area contributed by atoms with E-state index >= 15 is 0 Å². The van der Waals surface area contributed by atoms with Gasteiger partial charge in [0.1, 0.15) is 5.54 Å². The molecule has 2 unspecified atom stereocenters. The van der Waals surface area contributed by atoms with Gasteiger partial charge >= 0.3 is 12.0 Å². The van der Waals surface area contributed by atoms with Crippen LogP contribution in [0, 0.1) is 5.92 Å². The van der Waals surface area contributed by atoms with Gasteiger partial charge in [-0.15, -0.1) is 0 Å². The van der Waals surface area contributed by atoms with Gasteiger partial charge in [-0.25, -0.2) is 4.79 Å². The van der Waals surface area contributed by atoms with E-state index in [-0.39, 0.29) is 37.4 Å². The first-order valence-electron chi connectivity index (χ1n) is 8.80. The molecule has 1 heterocycles. The second-order valence-electron chi connectivity index (χ2n) is 7.36. The number of carbonyl (C=O) groups is 4. The zero-order valence-electron chi connectivity index (χ0n) is 15.1. The minimum Gasteiger partial charge on any atom is -0.456 e. The second kappa shape index (κ2) is 7.84. The number of hydrogen-bond donors (Lipinski definition) is 2. The van der Waals surface area contributed by atoms with E-state index in [0.717, 1.165) is 24.2 Å². The van der Waals surface area contributed by atoms with Gasteiger partial charge in [-0.05, 0) is 32.6 Å². The number of ether oxygens (including phenoxy) is 1. The van der Waals surface area contributed by atoms with E-state index in [0.29, 0.717) is 5.92 Å². The fourth-order valence-electron chi connectivity index (χ4n) is 3.22. The summed E-state index contributed by atoms with van der Waals surface area (Å²) in [5.41, 5.74) is -0.961. The van der Waals surface area contributed by atoms with Gasteiger partial charge in [0.2, 0.25) is 0 Å². The van der Waals surface area contributed by atoms with Crippen molar-refractivity contribution < 1.29 is 23.9 Å². The Hall–Kier alpha value is -2.12. The predicted molar refractivity (Wildman–Crippen MR) is 89.5 cm³/mol. The highest BCUT2D eigenvalue weighted by molar-refractivity contribution is 6.06. The topological polar surface area (TPSA) is 105 Å². The standard InChI is InChI=1S/C17H27N3O5/c1-11-6-4-5-7-12(11)18-13(21)10-25-14(22)8-9-20-15(23)17(2,3)19-16(20)24/h11-12H,4-10H2,1-3H3,(H,18,21)(H,19,24). The first kappa shape index (κ1) is 19.2. The Labute approximate surface area is 147 Å². The molecule has 0 aromatic carbocycles. The number of amides is 4. The lowest BCUT2D eigenvalue weighted by molar-refractivity contribution is -0.149. The van der Waals surface area contributed by atoms with Gasteiger partial charge in [-0.1, -0.05) is 19.8 Å². The van der Waals surface area contributed by atoms with Crippen molar-refractivity contribution in [2.75, 3.05) is 13.2 Å². The molecule has 8 nitrogen and oxygen atoms in total. The lowest BCUT2D eigenvalue weighted by Gasteiger charge is -2.29. The molecule has 2 fully saturated rings. The molecule has 1 saturated heterocycles. The lowest BCUT2D eigenvalue weighted by Crippen LogP contribution is -2.43. The highest BCUT2D eigenvalue weighted by Crippen LogP contribution is 2.23. The van der Waals surface area contributed by atoms with E-state index < -0.39 is 17.5 Å². The highest BCUT2D eigenvalue weighted by Gasteiger charge is 2.44. The zero-order chi connectivity index (χ0) is 18.6. The van der Waals surface area contributed by atoms with Crippen molar-refractivity contribution in [3.05, 3.63) is 0 Å². The molecule has 140 valence electrons. The number of hydrogen-bond acceptors (Lipinski definition) is 5. The quantitative estimate of drug-likeness (QED) is 0.546. The third kappa shape index (κ3) is 4.93. The number of rotatable bonds is 6. The van der Waals surface area contributed by atoms with E-state index in [1.165, 1.54) is 6.42 Å². The van der Waals surface area contributed by atoms with Crippen molar-refractivity contribution in [3.63, 3.8) is 0 Å². The SMILES string of the molecule is CC1CCCCC1NC(=O)COC(=O)CCN1C(=O)NC(C)(C)C1=O. The molecule has 2 aliphatic rings. The van der Waals surface area contributed by atoms with Crippen molar-refractivity contribution in [3.8, 4) is 0 Å². The van der Waals surface area contributed by atoms with Gasteiger partial charge in [0, 0.05) is 12.6 Å². The third-order valence-corrected chi connectivity index (χ3v) is 4.81. The lowest BCUT2D eigenvalue weighted by atomic mass is 9.86.